The Morgan fingerprint density at radius 1 is 1.16 bits per heavy atom. The third-order valence-corrected chi connectivity index (χ3v) is 3.65. The Bertz CT molecular complexity index is 743. The highest BCUT2D eigenvalue weighted by atomic mass is 19.4. The standard InChI is InChI=1S/C18H19F3N2O2/c1-11-6-8-13(9-7-11)16(22)17(24)23-14-4-3-5-15(12(14)2)25-10-18(19,20)21/h3-9,16H,10,22H2,1-2H3,(H,23,24). The molecule has 1 amide bonds. The van der Waals surface area contributed by atoms with Crippen molar-refractivity contribution in [2.45, 2.75) is 26.1 Å². The van der Waals surface area contributed by atoms with Crippen LogP contribution in [0.3, 0.4) is 0 Å². The zero-order valence-electron chi connectivity index (χ0n) is 13.9. The molecule has 0 bridgehead atoms. The Morgan fingerprint density at radius 2 is 1.80 bits per heavy atom. The topological polar surface area (TPSA) is 64.4 Å². The van der Waals surface area contributed by atoms with Crippen LogP contribution in [0.15, 0.2) is 42.5 Å². The molecule has 7 heteroatoms. The first kappa shape index (κ1) is 18.8. The van der Waals surface area contributed by atoms with E-state index in [1.165, 1.54) is 12.1 Å². The Kier molecular flexibility index (Phi) is 5.69. The van der Waals surface area contributed by atoms with Crippen LogP contribution in [-0.4, -0.2) is 18.7 Å². The Labute approximate surface area is 143 Å². The Morgan fingerprint density at radius 3 is 2.40 bits per heavy atom. The molecule has 0 aromatic heterocycles. The van der Waals surface area contributed by atoms with Crippen molar-refractivity contribution >= 4 is 11.6 Å². The molecule has 0 spiro atoms. The average molecular weight is 352 g/mol. The fourth-order valence-electron chi connectivity index (χ4n) is 2.20. The van der Waals surface area contributed by atoms with Crippen LogP contribution in [0.1, 0.15) is 22.7 Å². The maximum Gasteiger partial charge on any atom is 0.422 e. The molecule has 0 radical (unpaired) electrons. The van der Waals surface area contributed by atoms with E-state index in [4.69, 9.17) is 10.5 Å². The van der Waals surface area contributed by atoms with Crippen LogP contribution in [-0.2, 0) is 4.79 Å². The van der Waals surface area contributed by atoms with Crippen molar-refractivity contribution < 1.29 is 22.7 Å². The van der Waals surface area contributed by atoms with E-state index < -0.39 is 24.7 Å². The zero-order chi connectivity index (χ0) is 18.6. The van der Waals surface area contributed by atoms with E-state index in [9.17, 15) is 18.0 Å². The molecule has 1 atom stereocenters. The number of carbonyl (C=O) groups excluding carboxylic acids is 1. The fourth-order valence-corrected chi connectivity index (χ4v) is 2.20. The lowest BCUT2D eigenvalue weighted by Crippen LogP contribution is -2.28. The minimum Gasteiger partial charge on any atom is -0.484 e. The summed E-state index contributed by atoms with van der Waals surface area (Å²) in [6.07, 6.45) is -4.43. The van der Waals surface area contributed by atoms with E-state index in [0.29, 0.717) is 16.8 Å². The summed E-state index contributed by atoms with van der Waals surface area (Å²) in [5, 5.41) is 2.64. The van der Waals surface area contributed by atoms with Gasteiger partial charge in [0.25, 0.3) is 0 Å². The van der Waals surface area contributed by atoms with Crippen molar-refractivity contribution in [3.63, 3.8) is 0 Å². The maximum atomic E-state index is 12.3. The van der Waals surface area contributed by atoms with Gasteiger partial charge in [-0.15, -0.1) is 0 Å². The molecule has 134 valence electrons. The predicted molar refractivity (Wildman–Crippen MR) is 89.5 cm³/mol. The summed E-state index contributed by atoms with van der Waals surface area (Å²) in [5.41, 5.74) is 8.39. The highest BCUT2D eigenvalue weighted by Crippen LogP contribution is 2.28. The van der Waals surface area contributed by atoms with Crippen LogP contribution >= 0.6 is 0 Å². The Hall–Kier alpha value is -2.54. The van der Waals surface area contributed by atoms with Crippen molar-refractivity contribution in [2.24, 2.45) is 5.73 Å². The van der Waals surface area contributed by atoms with Gasteiger partial charge in [-0.3, -0.25) is 4.79 Å². The summed E-state index contributed by atoms with van der Waals surface area (Å²) in [4.78, 5) is 12.3. The van der Waals surface area contributed by atoms with E-state index in [1.807, 2.05) is 19.1 Å². The van der Waals surface area contributed by atoms with Crippen LogP contribution in [0, 0.1) is 13.8 Å². The lowest BCUT2D eigenvalue weighted by Gasteiger charge is -2.17. The summed E-state index contributed by atoms with van der Waals surface area (Å²) in [7, 11) is 0. The first-order valence-corrected chi connectivity index (χ1v) is 7.59. The number of alkyl halides is 3. The van der Waals surface area contributed by atoms with Gasteiger partial charge in [-0.2, -0.15) is 13.2 Å². The molecule has 4 nitrogen and oxygen atoms in total. The van der Waals surface area contributed by atoms with E-state index in [1.54, 1.807) is 25.1 Å². The number of aryl methyl sites for hydroxylation is 1. The molecule has 0 heterocycles. The fraction of sp³-hybridized carbons (Fsp3) is 0.278. The van der Waals surface area contributed by atoms with Crippen LogP contribution in [0.4, 0.5) is 18.9 Å². The maximum absolute atomic E-state index is 12.3. The minimum atomic E-state index is -4.43. The molecule has 0 fully saturated rings. The molecule has 1 unspecified atom stereocenters. The van der Waals surface area contributed by atoms with Gasteiger partial charge in [0.05, 0.1) is 0 Å². The van der Waals surface area contributed by atoms with Crippen molar-refractivity contribution in [3.8, 4) is 5.75 Å². The second-order valence-electron chi connectivity index (χ2n) is 5.71. The molecular weight excluding hydrogens is 333 g/mol. The molecule has 2 rings (SSSR count). The van der Waals surface area contributed by atoms with Crippen LogP contribution < -0.4 is 15.8 Å². The zero-order valence-corrected chi connectivity index (χ0v) is 13.9. The van der Waals surface area contributed by atoms with Crippen LogP contribution in [0.25, 0.3) is 0 Å². The number of amides is 1. The Balaban J connectivity index is 2.11. The van der Waals surface area contributed by atoms with Crippen LogP contribution in [0.5, 0.6) is 5.75 Å². The highest BCUT2D eigenvalue weighted by molar-refractivity contribution is 5.96. The molecular formula is C18H19F3N2O2. The summed E-state index contributed by atoms with van der Waals surface area (Å²) >= 11 is 0. The summed E-state index contributed by atoms with van der Waals surface area (Å²) in [6.45, 7) is 2.10. The van der Waals surface area contributed by atoms with Crippen molar-refractivity contribution in [2.75, 3.05) is 11.9 Å². The molecule has 0 saturated heterocycles. The van der Waals surface area contributed by atoms with Gasteiger partial charge in [-0.1, -0.05) is 35.9 Å². The molecule has 3 N–H and O–H groups in total. The molecule has 25 heavy (non-hydrogen) atoms. The van der Waals surface area contributed by atoms with E-state index >= 15 is 0 Å². The SMILES string of the molecule is Cc1ccc(C(N)C(=O)Nc2cccc(OCC(F)(F)F)c2C)cc1. The molecule has 0 aliphatic carbocycles. The van der Waals surface area contributed by atoms with Gasteiger partial charge in [0.15, 0.2) is 6.61 Å². The number of ether oxygens (including phenoxy) is 1. The number of rotatable bonds is 5. The quantitative estimate of drug-likeness (QED) is 0.858. The molecule has 2 aromatic rings. The number of hydrogen-bond acceptors (Lipinski definition) is 3. The van der Waals surface area contributed by atoms with Gasteiger partial charge in [0.1, 0.15) is 11.8 Å². The second kappa shape index (κ2) is 7.57. The number of benzene rings is 2. The second-order valence-corrected chi connectivity index (χ2v) is 5.71. The number of halogens is 3. The van der Waals surface area contributed by atoms with E-state index in [-0.39, 0.29) is 5.75 Å². The summed E-state index contributed by atoms with van der Waals surface area (Å²) in [6, 6.07) is 10.8. The number of carbonyl (C=O) groups is 1. The number of hydrogen-bond donors (Lipinski definition) is 2. The number of nitrogens with two attached hydrogens (primary N) is 1. The third kappa shape index (κ3) is 5.22. The van der Waals surface area contributed by atoms with Crippen molar-refractivity contribution in [1.82, 2.24) is 0 Å². The molecule has 0 aliphatic rings. The van der Waals surface area contributed by atoms with Gasteiger partial charge in [-0.05, 0) is 31.5 Å². The van der Waals surface area contributed by atoms with Gasteiger partial charge >= 0.3 is 6.18 Å². The summed E-state index contributed by atoms with van der Waals surface area (Å²) < 4.78 is 41.7. The van der Waals surface area contributed by atoms with Crippen molar-refractivity contribution in [1.29, 1.82) is 0 Å². The third-order valence-electron chi connectivity index (χ3n) is 3.65. The monoisotopic (exact) mass is 352 g/mol. The van der Waals surface area contributed by atoms with Crippen LogP contribution in [0.2, 0.25) is 0 Å². The first-order valence-electron chi connectivity index (χ1n) is 7.59. The van der Waals surface area contributed by atoms with Gasteiger partial charge in [0, 0.05) is 11.3 Å². The lowest BCUT2D eigenvalue weighted by molar-refractivity contribution is -0.153. The molecule has 0 saturated carbocycles. The lowest BCUT2D eigenvalue weighted by atomic mass is 10.0. The average Bonchev–Trinajstić information content (AvgIpc) is 2.55. The minimum absolute atomic E-state index is 0.0547. The summed E-state index contributed by atoms with van der Waals surface area (Å²) in [5.74, 6) is -0.404. The van der Waals surface area contributed by atoms with E-state index in [0.717, 1.165) is 5.56 Å². The predicted octanol–water partition coefficient (Wildman–Crippen LogP) is 3.88. The van der Waals surface area contributed by atoms with Gasteiger partial charge < -0.3 is 15.8 Å². The van der Waals surface area contributed by atoms with Gasteiger partial charge in [-0.25, -0.2) is 0 Å². The first-order chi connectivity index (χ1) is 11.7. The number of nitrogens with one attached hydrogen (secondary N) is 1. The van der Waals surface area contributed by atoms with E-state index in [2.05, 4.69) is 5.32 Å². The molecule has 2 aromatic carbocycles. The molecule has 0 aliphatic heterocycles. The van der Waals surface area contributed by atoms with Crippen molar-refractivity contribution in [3.05, 3.63) is 59.2 Å². The number of anilines is 1. The normalized spacial score (nSPS) is 12.6. The largest absolute Gasteiger partial charge is 0.484 e. The smallest absolute Gasteiger partial charge is 0.422 e. The van der Waals surface area contributed by atoms with Gasteiger partial charge in [0.2, 0.25) is 5.91 Å². The highest BCUT2D eigenvalue weighted by Gasteiger charge is 2.29.